The van der Waals surface area contributed by atoms with Crippen molar-refractivity contribution >= 4 is 29.1 Å². The molecule has 17 heavy (non-hydrogen) atoms. The molecule has 0 radical (unpaired) electrons. The van der Waals surface area contributed by atoms with Crippen LogP contribution in [0.25, 0.3) is 0 Å². The normalized spacial score (nSPS) is 29.2. The van der Waals surface area contributed by atoms with Gasteiger partial charge in [0.15, 0.2) is 0 Å². The lowest BCUT2D eigenvalue weighted by Crippen LogP contribution is -2.22. The van der Waals surface area contributed by atoms with Crippen LogP contribution in [0.5, 0.6) is 0 Å². The summed E-state index contributed by atoms with van der Waals surface area (Å²) in [5.41, 5.74) is 0. The second-order valence-corrected chi connectivity index (χ2v) is 7.24. The lowest BCUT2D eigenvalue weighted by atomic mass is 9.81. The second-order valence-electron chi connectivity index (χ2n) is 4.96. The SMILES string of the molecule is CC1CCC(Sc2csc(C(=O)O)c2)CC1C. The molecule has 0 saturated heterocycles. The molecule has 94 valence electrons. The number of carbonyl (C=O) groups is 1. The molecule has 3 unspecified atom stereocenters. The summed E-state index contributed by atoms with van der Waals surface area (Å²) < 4.78 is 0. The fourth-order valence-corrected chi connectivity index (χ4v) is 4.56. The first-order valence-electron chi connectivity index (χ1n) is 6.04. The number of carboxylic acid groups (broad SMARTS) is 1. The number of hydrogen-bond acceptors (Lipinski definition) is 3. The molecular formula is C13H18O2S2. The molecule has 0 aromatic carbocycles. The van der Waals surface area contributed by atoms with Gasteiger partial charge in [-0.3, -0.25) is 0 Å². The molecule has 1 N–H and O–H groups in total. The summed E-state index contributed by atoms with van der Waals surface area (Å²) in [7, 11) is 0. The first kappa shape index (κ1) is 13.0. The van der Waals surface area contributed by atoms with Crippen molar-refractivity contribution in [2.45, 2.75) is 43.3 Å². The maximum atomic E-state index is 10.8. The number of aromatic carboxylic acids is 1. The van der Waals surface area contributed by atoms with Crippen molar-refractivity contribution in [3.8, 4) is 0 Å². The molecule has 1 aromatic heterocycles. The quantitative estimate of drug-likeness (QED) is 0.886. The van der Waals surface area contributed by atoms with Crippen molar-refractivity contribution in [1.82, 2.24) is 0 Å². The van der Waals surface area contributed by atoms with Gasteiger partial charge in [-0.2, -0.15) is 0 Å². The molecule has 1 fully saturated rings. The third-order valence-electron chi connectivity index (χ3n) is 3.64. The van der Waals surface area contributed by atoms with Crippen LogP contribution in [0.4, 0.5) is 0 Å². The van der Waals surface area contributed by atoms with E-state index in [1.807, 2.05) is 17.1 Å². The maximum absolute atomic E-state index is 10.8. The van der Waals surface area contributed by atoms with E-state index in [0.717, 1.165) is 16.7 Å². The van der Waals surface area contributed by atoms with Crippen LogP contribution < -0.4 is 0 Å². The second kappa shape index (κ2) is 5.44. The van der Waals surface area contributed by atoms with Crippen molar-refractivity contribution in [3.63, 3.8) is 0 Å². The van der Waals surface area contributed by atoms with E-state index in [1.54, 1.807) is 6.07 Å². The summed E-state index contributed by atoms with van der Waals surface area (Å²) in [6, 6.07) is 1.81. The van der Waals surface area contributed by atoms with Gasteiger partial charge >= 0.3 is 5.97 Å². The molecule has 0 bridgehead atoms. The summed E-state index contributed by atoms with van der Waals surface area (Å²) in [4.78, 5) is 12.4. The highest BCUT2D eigenvalue weighted by Gasteiger charge is 2.25. The van der Waals surface area contributed by atoms with Crippen LogP contribution >= 0.6 is 23.1 Å². The van der Waals surface area contributed by atoms with Gasteiger partial charge < -0.3 is 5.11 Å². The van der Waals surface area contributed by atoms with Crippen LogP contribution in [0.3, 0.4) is 0 Å². The number of thioether (sulfide) groups is 1. The zero-order valence-electron chi connectivity index (χ0n) is 10.2. The highest BCUT2D eigenvalue weighted by molar-refractivity contribution is 8.00. The van der Waals surface area contributed by atoms with E-state index < -0.39 is 5.97 Å². The average molecular weight is 270 g/mol. The van der Waals surface area contributed by atoms with Crippen molar-refractivity contribution in [3.05, 3.63) is 16.3 Å². The lowest BCUT2D eigenvalue weighted by molar-refractivity contribution is 0.0702. The molecular weight excluding hydrogens is 252 g/mol. The Morgan fingerprint density at radius 1 is 1.41 bits per heavy atom. The molecule has 3 atom stereocenters. The van der Waals surface area contributed by atoms with E-state index >= 15 is 0 Å². The van der Waals surface area contributed by atoms with E-state index in [9.17, 15) is 4.79 Å². The van der Waals surface area contributed by atoms with E-state index in [-0.39, 0.29) is 0 Å². The Bertz CT molecular complexity index is 400. The van der Waals surface area contributed by atoms with Gasteiger partial charge in [-0.15, -0.1) is 23.1 Å². The van der Waals surface area contributed by atoms with E-state index in [0.29, 0.717) is 10.1 Å². The summed E-state index contributed by atoms with van der Waals surface area (Å²) in [6.45, 7) is 4.66. The molecule has 1 heterocycles. The summed E-state index contributed by atoms with van der Waals surface area (Å²) >= 11 is 3.18. The van der Waals surface area contributed by atoms with Crippen LogP contribution in [0.15, 0.2) is 16.3 Å². The minimum Gasteiger partial charge on any atom is -0.477 e. The van der Waals surface area contributed by atoms with Gasteiger partial charge in [0.05, 0.1) is 0 Å². The zero-order valence-corrected chi connectivity index (χ0v) is 11.8. The fourth-order valence-electron chi connectivity index (χ4n) is 2.29. The molecule has 4 heteroatoms. The van der Waals surface area contributed by atoms with E-state index in [1.165, 1.54) is 30.6 Å². The Kier molecular flexibility index (Phi) is 4.15. The third kappa shape index (κ3) is 3.26. The Morgan fingerprint density at radius 3 is 2.76 bits per heavy atom. The first-order valence-corrected chi connectivity index (χ1v) is 7.80. The highest BCUT2D eigenvalue weighted by Crippen LogP contribution is 2.39. The van der Waals surface area contributed by atoms with Gasteiger partial charge in [0.1, 0.15) is 4.88 Å². The Labute approximate surface area is 110 Å². The molecule has 1 aliphatic carbocycles. The van der Waals surface area contributed by atoms with Gasteiger partial charge in [-0.25, -0.2) is 4.79 Å². The minimum absolute atomic E-state index is 0.449. The molecule has 1 aromatic rings. The van der Waals surface area contributed by atoms with Gasteiger partial charge in [0, 0.05) is 15.5 Å². The fraction of sp³-hybridized carbons (Fsp3) is 0.615. The molecule has 2 rings (SSSR count). The maximum Gasteiger partial charge on any atom is 0.345 e. The Morgan fingerprint density at radius 2 is 2.18 bits per heavy atom. The summed E-state index contributed by atoms with van der Waals surface area (Å²) in [6.07, 6.45) is 3.81. The van der Waals surface area contributed by atoms with Crippen molar-refractivity contribution in [2.75, 3.05) is 0 Å². The van der Waals surface area contributed by atoms with Crippen molar-refractivity contribution in [1.29, 1.82) is 0 Å². The van der Waals surface area contributed by atoms with Gasteiger partial charge in [0.25, 0.3) is 0 Å². The predicted octanol–water partition coefficient (Wildman–Crippen LogP) is 4.36. The molecule has 2 nitrogen and oxygen atoms in total. The van der Waals surface area contributed by atoms with Gasteiger partial charge in [0.2, 0.25) is 0 Å². The number of hydrogen-bond donors (Lipinski definition) is 1. The average Bonchev–Trinajstić information content (AvgIpc) is 2.72. The Balaban J connectivity index is 1.94. The predicted molar refractivity (Wildman–Crippen MR) is 73.1 cm³/mol. The first-order chi connectivity index (χ1) is 8.06. The zero-order chi connectivity index (χ0) is 12.4. The monoisotopic (exact) mass is 270 g/mol. The van der Waals surface area contributed by atoms with Crippen LogP contribution in [0, 0.1) is 11.8 Å². The summed E-state index contributed by atoms with van der Waals surface area (Å²) in [5, 5.41) is 11.5. The molecule has 0 amide bonds. The van der Waals surface area contributed by atoms with E-state index in [4.69, 9.17) is 5.11 Å². The van der Waals surface area contributed by atoms with E-state index in [2.05, 4.69) is 13.8 Å². The topological polar surface area (TPSA) is 37.3 Å². The summed E-state index contributed by atoms with van der Waals surface area (Å²) in [5.74, 6) is 0.815. The highest BCUT2D eigenvalue weighted by atomic mass is 32.2. The smallest absolute Gasteiger partial charge is 0.345 e. The Hall–Kier alpha value is -0.480. The number of carboxylic acids is 1. The third-order valence-corrected chi connectivity index (χ3v) is 5.98. The van der Waals surface area contributed by atoms with Crippen LogP contribution in [0.2, 0.25) is 0 Å². The largest absolute Gasteiger partial charge is 0.477 e. The molecule has 0 spiro atoms. The van der Waals surface area contributed by atoms with Gasteiger partial charge in [-0.05, 0) is 37.2 Å². The van der Waals surface area contributed by atoms with Crippen LogP contribution in [-0.2, 0) is 0 Å². The number of thiophene rings is 1. The van der Waals surface area contributed by atoms with Gasteiger partial charge in [-0.1, -0.05) is 13.8 Å². The molecule has 0 aliphatic heterocycles. The van der Waals surface area contributed by atoms with Crippen molar-refractivity contribution in [2.24, 2.45) is 11.8 Å². The van der Waals surface area contributed by atoms with Crippen LogP contribution in [-0.4, -0.2) is 16.3 Å². The minimum atomic E-state index is -0.813. The van der Waals surface area contributed by atoms with Crippen LogP contribution in [0.1, 0.15) is 42.8 Å². The number of rotatable bonds is 3. The standard InChI is InChI=1S/C13H18O2S2/c1-8-3-4-10(5-9(8)2)17-11-6-12(13(14)15)16-7-11/h6-10H,3-5H2,1-2H3,(H,14,15). The van der Waals surface area contributed by atoms with Crippen molar-refractivity contribution < 1.29 is 9.90 Å². The molecule has 1 saturated carbocycles. The lowest BCUT2D eigenvalue weighted by Gasteiger charge is -2.31. The molecule has 1 aliphatic rings.